The third kappa shape index (κ3) is 3.18. The van der Waals surface area contributed by atoms with E-state index >= 15 is 0 Å². The molecular weight excluding hydrogens is 190 g/mol. The van der Waals surface area contributed by atoms with E-state index in [0.29, 0.717) is 25.0 Å². The molecule has 0 bridgehead atoms. The molecule has 1 rings (SSSR count). The van der Waals surface area contributed by atoms with Gasteiger partial charge in [0.05, 0.1) is 5.57 Å². The molecular formula is C12H19NO2. The standard InChI is InChI=1S/C12H19NO2/c1-4-5-13-8-9-10(14)6-12(2,3)7-11(9)15/h8,14H,4-7H2,1-3H3. The van der Waals surface area contributed by atoms with Gasteiger partial charge >= 0.3 is 0 Å². The van der Waals surface area contributed by atoms with Crippen molar-refractivity contribution in [2.45, 2.75) is 40.0 Å². The van der Waals surface area contributed by atoms with Gasteiger partial charge in [-0.15, -0.1) is 0 Å². The Balaban J connectivity index is 2.83. The van der Waals surface area contributed by atoms with Gasteiger partial charge in [0.1, 0.15) is 5.76 Å². The summed E-state index contributed by atoms with van der Waals surface area (Å²) in [5.41, 5.74) is 0.284. The summed E-state index contributed by atoms with van der Waals surface area (Å²) in [5.74, 6) is 0.194. The Bertz CT molecular complexity index is 314. The van der Waals surface area contributed by atoms with Gasteiger partial charge < -0.3 is 5.11 Å². The van der Waals surface area contributed by atoms with Gasteiger partial charge in [-0.25, -0.2) is 0 Å². The van der Waals surface area contributed by atoms with E-state index < -0.39 is 0 Å². The van der Waals surface area contributed by atoms with Crippen LogP contribution in [0.1, 0.15) is 40.0 Å². The first-order valence-electron chi connectivity index (χ1n) is 5.41. The molecule has 0 aliphatic heterocycles. The fraction of sp³-hybridized carbons (Fsp3) is 0.667. The lowest BCUT2D eigenvalue weighted by Crippen LogP contribution is -2.26. The van der Waals surface area contributed by atoms with Crippen LogP contribution in [-0.2, 0) is 4.79 Å². The summed E-state index contributed by atoms with van der Waals surface area (Å²) in [6, 6.07) is 0. The highest BCUT2D eigenvalue weighted by atomic mass is 16.3. The van der Waals surface area contributed by atoms with Gasteiger partial charge in [0.2, 0.25) is 0 Å². The Morgan fingerprint density at radius 1 is 1.47 bits per heavy atom. The summed E-state index contributed by atoms with van der Waals surface area (Å²) in [6.07, 6.45) is 3.53. The third-order valence-corrected chi connectivity index (χ3v) is 2.47. The van der Waals surface area contributed by atoms with Crippen LogP contribution in [0.15, 0.2) is 16.3 Å². The summed E-state index contributed by atoms with van der Waals surface area (Å²) in [5, 5.41) is 9.74. The van der Waals surface area contributed by atoms with Gasteiger partial charge in [-0.2, -0.15) is 0 Å². The minimum Gasteiger partial charge on any atom is -0.511 e. The first-order valence-corrected chi connectivity index (χ1v) is 5.41. The lowest BCUT2D eigenvalue weighted by molar-refractivity contribution is -0.117. The normalized spacial score (nSPS) is 21.4. The van der Waals surface area contributed by atoms with Crippen molar-refractivity contribution in [1.82, 2.24) is 0 Å². The molecule has 0 atom stereocenters. The maximum Gasteiger partial charge on any atom is 0.168 e. The number of hydrogen-bond donors (Lipinski definition) is 1. The molecule has 0 saturated carbocycles. The zero-order chi connectivity index (χ0) is 11.5. The Morgan fingerprint density at radius 3 is 2.67 bits per heavy atom. The number of allylic oxidation sites excluding steroid dienone is 2. The Labute approximate surface area is 90.9 Å². The molecule has 0 spiro atoms. The molecule has 0 unspecified atom stereocenters. The number of rotatable bonds is 3. The molecule has 0 fully saturated rings. The van der Waals surface area contributed by atoms with Crippen molar-refractivity contribution in [2.75, 3.05) is 6.54 Å². The summed E-state index contributed by atoms with van der Waals surface area (Å²) < 4.78 is 0. The van der Waals surface area contributed by atoms with E-state index in [9.17, 15) is 9.90 Å². The fourth-order valence-electron chi connectivity index (χ4n) is 1.73. The predicted molar refractivity (Wildman–Crippen MR) is 61.3 cm³/mol. The van der Waals surface area contributed by atoms with E-state index in [1.807, 2.05) is 20.8 Å². The predicted octanol–water partition coefficient (Wildman–Crippen LogP) is 2.67. The Morgan fingerprint density at radius 2 is 2.13 bits per heavy atom. The van der Waals surface area contributed by atoms with E-state index in [1.165, 1.54) is 6.21 Å². The van der Waals surface area contributed by atoms with Crippen LogP contribution >= 0.6 is 0 Å². The number of Topliss-reactive ketones (excluding diaryl/α,β-unsaturated/α-hetero) is 1. The fourth-order valence-corrected chi connectivity index (χ4v) is 1.73. The van der Waals surface area contributed by atoms with Crippen LogP contribution < -0.4 is 0 Å². The summed E-state index contributed by atoms with van der Waals surface area (Å²) >= 11 is 0. The number of nitrogens with zero attached hydrogens (tertiary/aromatic N) is 1. The maximum absolute atomic E-state index is 11.7. The van der Waals surface area contributed by atoms with Crippen LogP contribution in [0.5, 0.6) is 0 Å². The molecule has 1 N–H and O–H groups in total. The Kier molecular flexibility index (Phi) is 3.66. The van der Waals surface area contributed by atoms with Crippen LogP contribution in [0, 0.1) is 5.41 Å². The quantitative estimate of drug-likeness (QED) is 0.726. The Hall–Kier alpha value is -1.12. The van der Waals surface area contributed by atoms with Crippen molar-refractivity contribution in [1.29, 1.82) is 0 Å². The molecule has 1 aliphatic rings. The van der Waals surface area contributed by atoms with Crippen LogP contribution in [0.3, 0.4) is 0 Å². The van der Waals surface area contributed by atoms with Gasteiger partial charge in [-0.1, -0.05) is 20.8 Å². The lowest BCUT2D eigenvalue weighted by Gasteiger charge is -2.28. The first kappa shape index (κ1) is 12.0. The molecule has 3 nitrogen and oxygen atoms in total. The average molecular weight is 209 g/mol. The maximum atomic E-state index is 11.7. The largest absolute Gasteiger partial charge is 0.511 e. The van der Waals surface area contributed by atoms with Gasteiger partial charge in [0.25, 0.3) is 0 Å². The van der Waals surface area contributed by atoms with Gasteiger partial charge in [-0.05, 0) is 11.8 Å². The average Bonchev–Trinajstić information content (AvgIpc) is 2.08. The number of hydrogen-bond acceptors (Lipinski definition) is 3. The third-order valence-electron chi connectivity index (χ3n) is 2.47. The van der Waals surface area contributed by atoms with Crippen LogP contribution in [0.2, 0.25) is 0 Å². The zero-order valence-corrected chi connectivity index (χ0v) is 9.71. The lowest BCUT2D eigenvalue weighted by atomic mass is 9.77. The highest BCUT2D eigenvalue weighted by Gasteiger charge is 2.31. The summed E-state index contributed by atoms with van der Waals surface area (Å²) in [6.45, 7) is 6.70. The summed E-state index contributed by atoms with van der Waals surface area (Å²) in [7, 11) is 0. The van der Waals surface area contributed by atoms with E-state index in [4.69, 9.17) is 0 Å². The van der Waals surface area contributed by atoms with Crippen LogP contribution in [0.4, 0.5) is 0 Å². The highest BCUT2D eigenvalue weighted by molar-refractivity contribution is 6.14. The highest BCUT2D eigenvalue weighted by Crippen LogP contribution is 2.34. The monoisotopic (exact) mass is 209 g/mol. The second kappa shape index (κ2) is 4.60. The van der Waals surface area contributed by atoms with Crippen molar-refractivity contribution in [2.24, 2.45) is 10.4 Å². The van der Waals surface area contributed by atoms with E-state index in [0.717, 1.165) is 6.42 Å². The van der Waals surface area contributed by atoms with E-state index in [1.54, 1.807) is 0 Å². The molecule has 3 heteroatoms. The SMILES string of the molecule is CCCN=CC1=C(O)CC(C)(C)CC1=O. The number of carbonyl (C=O) groups excluding carboxylic acids is 1. The van der Waals surface area contributed by atoms with Crippen molar-refractivity contribution in [3.05, 3.63) is 11.3 Å². The minimum atomic E-state index is -0.122. The summed E-state index contributed by atoms with van der Waals surface area (Å²) in [4.78, 5) is 15.8. The molecule has 15 heavy (non-hydrogen) atoms. The zero-order valence-electron chi connectivity index (χ0n) is 9.71. The second-order valence-corrected chi connectivity index (χ2v) is 4.84. The number of aliphatic hydroxyl groups excluding tert-OH is 1. The van der Waals surface area contributed by atoms with Gasteiger partial charge in [0.15, 0.2) is 5.78 Å². The first-order chi connectivity index (χ1) is 6.96. The molecule has 0 aromatic carbocycles. The van der Waals surface area contributed by atoms with Crippen LogP contribution in [0.25, 0.3) is 0 Å². The molecule has 0 aromatic heterocycles. The van der Waals surface area contributed by atoms with E-state index in [-0.39, 0.29) is 17.0 Å². The van der Waals surface area contributed by atoms with Gasteiger partial charge in [-0.3, -0.25) is 9.79 Å². The molecule has 84 valence electrons. The molecule has 0 saturated heterocycles. The van der Waals surface area contributed by atoms with Crippen molar-refractivity contribution >= 4 is 12.0 Å². The van der Waals surface area contributed by atoms with Crippen molar-refractivity contribution in [3.8, 4) is 0 Å². The molecule has 0 heterocycles. The molecule has 0 radical (unpaired) electrons. The number of ketones is 1. The smallest absolute Gasteiger partial charge is 0.168 e. The van der Waals surface area contributed by atoms with Crippen LogP contribution in [-0.4, -0.2) is 23.6 Å². The van der Waals surface area contributed by atoms with Crippen molar-refractivity contribution in [3.63, 3.8) is 0 Å². The number of carbonyl (C=O) groups is 1. The topological polar surface area (TPSA) is 49.7 Å². The second-order valence-electron chi connectivity index (χ2n) is 4.84. The molecule has 1 aliphatic carbocycles. The van der Waals surface area contributed by atoms with Gasteiger partial charge in [0, 0.05) is 25.6 Å². The number of aliphatic hydroxyl groups is 1. The van der Waals surface area contributed by atoms with E-state index in [2.05, 4.69) is 4.99 Å². The molecule has 0 aromatic rings. The minimum absolute atomic E-state index is 0.00334. The van der Waals surface area contributed by atoms with Crippen molar-refractivity contribution < 1.29 is 9.90 Å². The number of aliphatic imine (C=N–C) groups is 1. The molecule has 0 amide bonds.